The first-order chi connectivity index (χ1) is 9.33. The van der Waals surface area contributed by atoms with Gasteiger partial charge in [-0.1, -0.05) is 6.07 Å². The van der Waals surface area contributed by atoms with Crippen LogP contribution in [0.5, 0.6) is 0 Å². The number of hydrogen-bond acceptors (Lipinski definition) is 5. The zero-order valence-corrected chi connectivity index (χ0v) is 10.7. The number of carbonyl (C=O) groups is 1. The number of hydrogen-bond donors (Lipinski definition) is 1. The molecule has 2 heterocycles. The zero-order valence-electron chi connectivity index (χ0n) is 10.7. The molecule has 19 heavy (non-hydrogen) atoms. The second kappa shape index (κ2) is 7.23. The number of aromatic nitrogens is 1. The predicted molar refractivity (Wildman–Crippen MR) is 70.3 cm³/mol. The van der Waals surface area contributed by atoms with Gasteiger partial charge in [0, 0.05) is 25.5 Å². The minimum absolute atomic E-state index is 0.00949. The van der Waals surface area contributed by atoms with E-state index in [1.807, 2.05) is 6.07 Å². The van der Waals surface area contributed by atoms with Crippen LogP contribution in [0.15, 0.2) is 24.5 Å². The molecule has 0 bridgehead atoms. The Morgan fingerprint density at radius 3 is 3.00 bits per heavy atom. The Hall–Kier alpha value is -1.44. The van der Waals surface area contributed by atoms with Crippen LogP contribution in [0.25, 0.3) is 0 Å². The number of amides is 1. The zero-order chi connectivity index (χ0) is 13.5. The van der Waals surface area contributed by atoms with E-state index in [-0.39, 0.29) is 12.6 Å². The van der Waals surface area contributed by atoms with Crippen molar-refractivity contribution < 1.29 is 14.2 Å². The maximum atomic E-state index is 12.5. The van der Waals surface area contributed by atoms with Crippen molar-refractivity contribution in [1.29, 1.82) is 0 Å². The summed E-state index contributed by atoms with van der Waals surface area (Å²) in [6.45, 7) is 2.40. The highest BCUT2D eigenvalue weighted by atomic mass is 16.5. The number of morpholine rings is 1. The van der Waals surface area contributed by atoms with Crippen molar-refractivity contribution in [3.63, 3.8) is 0 Å². The summed E-state index contributed by atoms with van der Waals surface area (Å²) in [6.07, 6.45) is 3.34. The molecule has 2 N–H and O–H groups in total. The summed E-state index contributed by atoms with van der Waals surface area (Å²) in [5.74, 6) is -0.486. The van der Waals surface area contributed by atoms with Crippen LogP contribution in [0.1, 0.15) is 11.4 Å². The molecule has 7 heteroatoms. The van der Waals surface area contributed by atoms with Crippen LogP contribution in [-0.4, -0.2) is 56.3 Å². The van der Waals surface area contributed by atoms with Gasteiger partial charge in [-0.05, 0) is 11.6 Å². The quantitative estimate of drug-likeness (QED) is 0.573. The second-order valence-corrected chi connectivity index (χ2v) is 4.17. The van der Waals surface area contributed by atoms with Gasteiger partial charge in [-0.15, -0.1) is 0 Å². The summed E-state index contributed by atoms with van der Waals surface area (Å²) in [5, 5.41) is 0. The molecule has 1 aliphatic rings. The van der Waals surface area contributed by atoms with Crippen molar-refractivity contribution in [2.75, 3.05) is 33.0 Å². The highest BCUT2D eigenvalue weighted by Crippen LogP contribution is 2.17. The molecule has 1 saturated heterocycles. The fourth-order valence-electron chi connectivity index (χ4n) is 1.97. The molecule has 1 atom stereocenters. The largest absolute Gasteiger partial charge is 0.427 e. The summed E-state index contributed by atoms with van der Waals surface area (Å²) in [4.78, 5) is 18.3. The third-order valence-electron chi connectivity index (χ3n) is 2.96. The summed E-state index contributed by atoms with van der Waals surface area (Å²) < 4.78 is 10.4. The van der Waals surface area contributed by atoms with Gasteiger partial charge in [0.25, 0.3) is 0 Å². The summed E-state index contributed by atoms with van der Waals surface area (Å²) in [7, 11) is 1.48. The van der Waals surface area contributed by atoms with Crippen LogP contribution < -0.4 is 5.73 Å². The third-order valence-corrected chi connectivity index (χ3v) is 2.96. The first-order valence-corrected chi connectivity index (χ1v) is 6.24. The van der Waals surface area contributed by atoms with Gasteiger partial charge in [-0.2, -0.15) is 0 Å². The summed E-state index contributed by atoms with van der Waals surface area (Å²) >= 11 is 0. The number of nitrogens with zero attached hydrogens (tertiary/aromatic N) is 2. The molecule has 1 radical (unpaired) electrons. The van der Waals surface area contributed by atoms with Gasteiger partial charge in [0.15, 0.2) is 0 Å². The Morgan fingerprint density at radius 1 is 1.58 bits per heavy atom. The van der Waals surface area contributed by atoms with Crippen LogP contribution >= 0.6 is 0 Å². The molecule has 101 valence electrons. The monoisotopic (exact) mass is 262 g/mol. The Kier molecular flexibility index (Phi) is 5.32. The number of carbonyl (C=O) groups excluding carboxylic acids is 1. The van der Waals surface area contributed by atoms with Crippen LogP contribution in [-0.2, 0) is 14.2 Å². The van der Waals surface area contributed by atoms with Crippen molar-refractivity contribution in [3.05, 3.63) is 30.1 Å². The van der Waals surface area contributed by atoms with Gasteiger partial charge in [-0.25, -0.2) is 0 Å². The molecule has 0 aliphatic carbocycles. The van der Waals surface area contributed by atoms with E-state index in [1.165, 1.54) is 7.48 Å². The molecular formula is C12H17BN3O3. The number of ether oxygens (including phenoxy) is 1. The van der Waals surface area contributed by atoms with Crippen molar-refractivity contribution in [2.24, 2.45) is 5.73 Å². The molecule has 1 unspecified atom stereocenters. The molecule has 1 aliphatic heterocycles. The highest BCUT2D eigenvalue weighted by molar-refractivity contribution is 6.37. The molecule has 1 amide bonds. The van der Waals surface area contributed by atoms with Crippen molar-refractivity contribution in [3.8, 4) is 0 Å². The Bertz CT molecular complexity index is 398. The van der Waals surface area contributed by atoms with Crippen molar-refractivity contribution in [2.45, 2.75) is 5.82 Å². The minimum atomic E-state index is -0.477. The fraction of sp³-hybridized carbons (Fsp3) is 0.500. The molecule has 0 aromatic carbocycles. The van der Waals surface area contributed by atoms with Gasteiger partial charge >= 0.3 is 7.48 Å². The molecule has 1 aromatic rings. The third kappa shape index (κ3) is 3.76. The smallest absolute Gasteiger partial charge is 0.312 e. The van der Waals surface area contributed by atoms with Crippen molar-refractivity contribution >= 4 is 13.4 Å². The lowest BCUT2D eigenvalue weighted by atomic mass is 9.74. The number of pyridine rings is 1. The van der Waals surface area contributed by atoms with E-state index in [2.05, 4.69) is 4.98 Å². The Morgan fingerprint density at radius 2 is 2.37 bits per heavy atom. The molecule has 0 saturated carbocycles. The molecular weight excluding hydrogens is 245 g/mol. The van der Waals surface area contributed by atoms with Crippen molar-refractivity contribution in [1.82, 2.24) is 9.88 Å². The number of nitrogens with two attached hydrogens (primary N) is 1. The van der Waals surface area contributed by atoms with E-state index in [0.29, 0.717) is 26.3 Å². The minimum Gasteiger partial charge on any atom is -0.427 e. The van der Waals surface area contributed by atoms with Gasteiger partial charge < -0.3 is 20.0 Å². The topological polar surface area (TPSA) is 77.7 Å². The van der Waals surface area contributed by atoms with Crippen LogP contribution in [0.2, 0.25) is 0 Å². The predicted octanol–water partition coefficient (Wildman–Crippen LogP) is -0.466. The van der Waals surface area contributed by atoms with E-state index in [9.17, 15) is 4.79 Å². The number of rotatable bonds is 5. The molecule has 1 fully saturated rings. The average molecular weight is 262 g/mol. The van der Waals surface area contributed by atoms with Crippen LogP contribution in [0, 0.1) is 0 Å². The standard InChI is InChI=1S/C12H17BN3O3/c14-9-19-13-11(10-2-1-3-15-8-10)12(17)16-4-6-18-7-5-16/h1-3,8,11H,4-7,9,14H2. The highest BCUT2D eigenvalue weighted by Gasteiger charge is 2.28. The first kappa shape index (κ1) is 14.0. The SMILES string of the molecule is NCO[B]C(C(=O)N1CCOCC1)c1cccnc1. The van der Waals surface area contributed by atoms with E-state index in [1.54, 1.807) is 23.4 Å². The molecule has 1 aromatic heterocycles. The van der Waals surface area contributed by atoms with Gasteiger partial charge in [0.05, 0.1) is 25.8 Å². The molecule has 0 spiro atoms. The lowest BCUT2D eigenvalue weighted by molar-refractivity contribution is -0.135. The van der Waals surface area contributed by atoms with E-state index < -0.39 is 5.82 Å². The normalized spacial score (nSPS) is 17.0. The first-order valence-electron chi connectivity index (χ1n) is 6.24. The van der Waals surface area contributed by atoms with Gasteiger partial charge in [0.1, 0.15) is 0 Å². The van der Waals surface area contributed by atoms with Crippen LogP contribution in [0.3, 0.4) is 0 Å². The van der Waals surface area contributed by atoms with E-state index in [4.69, 9.17) is 15.1 Å². The van der Waals surface area contributed by atoms with Crippen LogP contribution in [0.4, 0.5) is 0 Å². The summed E-state index contributed by atoms with van der Waals surface area (Å²) in [5.41, 5.74) is 6.12. The summed E-state index contributed by atoms with van der Waals surface area (Å²) in [6, 6.07) is 3.65. The lowest BCUT2D eigenvalue weighted by Crippen LogP contribution is -2.44. The fourth-order valence-corrected chi connectivity index (χ4v) is 1.97. The van der Waals surface area contributed by atoms with E-state index >= 15 is 0 Å². The second-order valence-electron chi connectivity index (χ2n) is 4.17. The Balaban J connectivity index is 2.10. The average Bonchev–Trinajstić information content (AvgIpc) is 2.49. The van der Waals surface area contributed by atoms with E-state index in [0.717, 1.165) is 5.56 Å². The molecule has 2 rings (SSSR count). The maximum Gasteiger partial charge on any atom is 0.312 e. The Labute approximate surface area is 113 Å². The maximum absolute atomic E-state index is 12.5. The molecule has 6 nitrogen and oxygen atoms in total. The van der Waals surface area contributed by atoms with Gasteiger partial charge in [0.2, 0.25) is 5.91 Å². The van der Waals surface area contributed by atoms with Gasteiger partial charge in [-0.3, -0.25) is 9.78 Å². The lowest BCUT2D eigenvalue weighted by Gasteiger charge is -2.30.